The lowest BCUT2D eigenvalue weighted by Crippen LogP contribution is -2.60. The van der Waals surface area contributed by atoms with E-state index in [9.17, 15) is 4.79 Å². The van der Waals surface area contributed by atoms with Gasteiger partial charge in [0.1, 0.15) is 5.54 Å². The summed E-state index contributed by atoms with van der Waals surface area (Å²) < 4.78 is 5.17. The van der Waals surface area contributed by atoms with Gasteiger partial charge in [-0.1, -0.05) is 26.2 Å². The molecule has 0 radical (unpaired) electrons. The smallest absolute Gasteiger partial charge is 0.326 e. The first-order valence-corrected chi connectivity index (χ1v) is 7.77. The Morgan fingerprint density at radius 3 is 2.68 bits per heavy atom. The SMILES string of the molecule is CCC1CCCC(C(=O)OC)(N2CCNCC2)CC1. The number of nitrogens with one attached hydrogen (secondary N) is 1. The number of hydrogen-bond acceptors (Lipinski definition) is 4. The molecule has 0 amide bonds. The third-order valence-corrected chi connectivity index (χ3v) is 5.03. The molecule has 1 aliphatic carbocycles. The van der Waals surface area contributed by atoms with Crippen LogP contribution in [0.15, 0.2) is 0 Å². The number of carbonyl (C=O) groups excluding carboxylic acids is 1. The molecule has 110 valence electrons. The predicted molar refractivity (Wildman–Crippen MR) is 76.1 cm³/mol. The molecule has 0 aromatic carbocycles. The number of methoxy groups -OCH3 is 1. The quantitative estimate of drug-likeness (QED) is 0.626. The van der Waals surface area contributed by atoms with Gasteiger partial charge in [-0.15, -0.1) is 0 Å². The van der Waals surface area contributed by atoms with Crippen molar-refractivity contribution < 1.29 is 9.53 Å². The summed E-state index contributed by atoms with van der Waals surface area (Å²) >= 11 is 0. The normalized spacial score (nSPS) is 33.7. The third kappa shape index (κ3) is 3.11. The summed E-state index contributed by atoms with van der Waals surface area (Å²) in [6, 6.07) is 0. The minimum atomic E-state index is -0.346. The molecule has 19 heavy (non-hydrogen) atoms. The first kappa shape index (κ1) is 14.8. The topological polar surface area (TPSA) is 41.6 Å². The molecule has 2 unspecified atom stereocenters. The average molecular weight is 268 g/mol. The molecule has 2 aliphatic rings. The Kier molecular flexibility index (Phi) is 5.22. The lowest BCUT2D eigenvalue weighted by molar-refractivity contribution is -0.157. The van der Waals surface area contributed by atoms with Gasteiger partial charge in [-0.3, -0.25) is 9.69 Å². The Morgan fingerprint density at radius 2 is 2.05 bits per heavy atom. The molecule has 1 N–H and O–H groups in total. The van der Waals surface area contributed by atoms with Crippen LogP contribution >= 0.6 is 0 Å². The molecule has 2 atom stereocenters. The second-order valence-electron chi connectivity index (χ2n) is 5.97. The van der Waals surface area contributed by atoms with Gasteiger partial charge in [0.2, 0.25) is 0 Å². The molecule has 0 bridgehead atoms. The van der Waals surface area contributed by atoms with E-state index in [4.69, 9.17) is 4.74 Å². The van der Waals surface area contributed by atoms with Gasteiger partial charge in [-0.2, -0.15) is 0 Å². The van der Waals surface area contributed by atoms with Crippen LogP contribution in [0.3, 0.4) is 0 Å². The molecule has 0 aromatic heterocycles. The number of esters is 1. The van der Waals surface area contributed by atoms with E-state index in [0.717, 1.165) is 57.8 Å². The monoisotopic (exact) mass is 268 g/mol. The van der Waals surface area contributed by atoms with E-state index in [1.54, 1.807) is 0 Å². The van der Waals surface area contributed by atoms with Crippen LogP contribution in [0.4, 0.5) is 0 Å². The minimum Gasteiger partial charge on any atom is -0.468 e. The summed E-state index contributed by atoms with van der Waals surface area (Å²) in [6.07, 6.45) is 6.75. The number of piperazine rings is 1. The number of ether oxygens (including phenoxy) is 1. The van der Waals surface area contributed by atoms with Gasteiger partial charge in [0.15, 0.2) is 0 Å². The predicted octanol–water partition coefficient (Wildman–Crippen LogP) is 1.79. The highest BCUT2D eigenvalue weighted by atomic mass is 16.5. The number of nitrogens with zero attached hydrogens (tertiary/aromatic N) is 1. The van der Waals surface area contributed by atoms with Gasteiger partial charge in [0.25, 0.3) is 0 Å². The van der Waals surface area contributed by atoms with E-state index < -0.39 is 0 Å². The Balaban J connectivity index is 2.16. The van der Waals surface area contributed by atoms with Crippen molar-refractivity contribution in [3.8, 4) is 0 Å². The molecule has 1 saturated carbocycles. The van der Waals surface area contributed by atoms with E-state index >= 15 is 0 Å². The van der Waals surface area contributed by atoms with Gasteiger partial charge in [0, 0.05) is 26.2 Å². The van der Waals surface area contributed by atoms with Crippen LogP contribution in [-0.2, 0) is 9.53 Å². The fourth-order valence-electron chi connectivity index (χ4n) is 3.74. The molecule has 0 spiro atoms. The average Bonchev–Trinajstić information content (AvgIpc) is 2.70. The van der Waals surface area contributed by atoms with E-state index in [0.29, 0.717) is 0 Å². The van der Waals surface area contributed by atoms with Gasteiger partial charge >= 0.3 is 5.97 Å². The number of hydrogen-bond donors (Lipinski definition) is 1. The standard InChI is InChI=1S/C15H28N2O2/c1-3-13-5-4-7-15(8-6-13,14(18)19-2)17-11-9-16-10-12-17/h13,16H,3-12H2,1-2H3. The first-order chi connectivity index (χ1) is 9.23. The molecule has 2 fully saturated rings. The van der Waals surface area contributed by atoms with Gasteiger partial charge in [-0.25, -0.2) is 0 Å². The van der Waals surface area contributed by atoms with Crippen LogP contribution in [0.1, 0.15) is 45.4 Å². The van der Waals surface area contributed by atoms with Crippen LogP contribution in [0.25, 0.3) is 0 Å². The van der Waals surface area contributed by atoms with Crippen molar-refractivity contribution in [2.45, 2.75) is 51.0 Å². The molecule has 0 aromatic rings. The Labute approximate surface area is 116 Å². The zero-order valence-electron chi connectivity index (χ0n) is 12.4. The fourth-order valence-corrected chi connectivity index (χ4v) is 3.74. The second-order valence-corrected chi connectivity index (χ2v) is 5.97. The fraction of sp³-hybridized carbons (Fsp3) is 0.933. The van der Waals surface area contributed by atoms with Crippen molar-refractivity contribution >= 4 is 5.97 Å². The highest BCUT2D eigenvalue weighted by Crippen LogP contribution is 2.37. The largest absolute Gasteiger partial charge is 0.468 e. The van der Waals surface area contributed by atoms with Crippen molar-refractivity contribution in [2.24, 2.45) is 5.92 Å². The Hall–Kier alpha value is -0.610. The van der Waals surface area contributed by atoms with E-state index in [1.165, 1.54) is 20.0 Å². The molecule has 4 nitrogen and oxygen atoms in total. The third-order valence-electron chi connectivity index (χ3n) is 5.03. The molecule has 1 saturated heterocycles. The van der Waals surface area contributed by atoms with Gasteiger partial charge < -0.3 is 10.1 Å². The van der Waals surface area contributed by atoms with E-state index in [-0.39, 0.29) is 11.5 Å². The summed E-state index contributed by atoms with van der Waals surface area (Å²) in [6.45, 7) is 6.16. The van der Waals surface area contributed by atoms with Gasteiger partial charge in [0.05, 0.1) is 7.11 Å². The second kappa shape index (κ2) is 6.71. The maximum absolute atomic E-state index is 12.5. The zero-order valence-corrected chi connectivity index (χ0v) is 12.4. The van der Waals surface area contributed by atoms with Gasteiger partial charge in [-0.05, 0) is 25.2 Å². The molecular formula is C15H28N2O2. The molecule has 4 heteroatoms. The summed E-state index contributed by atoms with van der Waals surface area (Å²) in [5.41, 5.74) is -0.346. The maximum atomic E-state index is 12.5. The number of rotatable bonds is 3. The van der Waals surface area contributed by atoms with Crippen molar-refractivity contribution in [2.75, 3.05) is 33.3 Å². The lowest BCUT2D eigenvalue weighted by atomic mass is 9.86. The van der Waals surface area contributed by atoms with Crippen LogP contribution in [-0.4, -0.2) is 49.7 Å². The van der Waals surface area contributed by atoms with E-state index in [2.05, 4.69) is 17.1 Å². The van der Waals surface area contributed by atoms with Crippen LogP contribution in [0, 0.1) is 5.92 Å². The van der Waals surface area contributed by atoms with Crippen molar-refractivity contribution in [1.82, 2.24) is 10.2 Å². The maximum Gasteiger partial charge on any atom is 0.326 e. The first-order valence-electron chi connectivity index (χ1n) is 7.77. The molecule has 1 heterocycles. The van der Waals surface area contributed by atoms with Crippen molar-refractivity contribution in [1.29, 1.82) is 0 Å². The minimum absolute atomic E-state index is 0.00819. The summed E-state index contributed by atoms with van der Waals surface area (Å²) in [5.74, 6) is 0.778. The molecule has 1 aliphatic heterocycles. The Bertz CT molecular complexity index is 303. The van der Waals surface area contributed by atoms with Crippen LogP contribution < -0.4 is 5.32 Å². The molecular weight excluding hydrogens is 240 g/mol. The Morgan fingerprint density at radius 1 is 1.32 bits per heavy atom. The summed E-state index contributed by atoms with van der Waals surface area (Å²) in [4.78, 5) is 14.8. The summed E-state index contributed by atoms with van der Waals surface area (Å²) in [5, 5.41) is 3.37. The number of carbonyl (C=O) groups is 1. The highest BCUT2D eigenvalue weighted by molar-refractivity contribution is 5.80. The van der Waals surface area contributed by atoms with Crippen molar-refractivity contribution in [3.63, 3.8) is 0 Å². The molecule has 2 rings (SSSR count). The lowest BCUT2D eigenvalue weighted by Gasteiger charge is -2.43. The zero-order chi connectivity index (χ0) is 13.7. The van der Waals surface area contributed by atoms with E-state index in [1.807, 2.05) is 0 Å². The van der Waals surface area contributed by atoms with Crippen molar-refractivity contribution in [3.05, 3.63) is 0 Å². The highest BCUT2D eigenvalue weighted by Gasteiger charge is 2.45. The summed E-state index contributed by atoms with van der Waals surface area (Å²) in [7, 11) is 1.54. The van der Waals surface area contributed by atoms with Crippen LogP contribution in [0.5, 0.6) is 0 Å². The van der Waals surface area contributed by atoms with Crippen LogP contribution in [0.2, 0.25) is 0 Å².